The lowest BCUT2D eigenvalue weighted by molar-refractivity contribution is -0.147. The van der Waals surface area contributed by atoms with E-state index in [1.807, 2.05) is 0 Å². The number of nitrogens with one attached hydrogen (secondary N) is 1. The van der Waals surface area contributed by atoms with Gasteiger partial charge in [-0.25, -0.2) is 4.79 Å². The monoisotopic (exact) mass is 447 g/mol. The summed E-state index contributed by atoms with van der Waals surface area (Å²) < 4.78 is 5.12. The van der Waals surface area contributed by atoms with Gasteiger partial charge in [0, 0.05) is 12.8 Å². The van der Waals surface area contributed by atoms with E-state index in [1.165, 1.54) is 70.6 Å². The van der Waals surface area contributed by atoms with Crippen LogP contribution in [0.2, 0.25) is 0 Å². The number of esters is 1. The average Bonchev–Trinajstić information content (AvgIpc) is 2.78. The van der Waals surface area contributed by atoms with Gasteiger partial charge in [0.15, 0.2) is 0 Å². The Morgan fingerprint density at radius 3 is 1.81 bits per heavy atom. The standard InChI is InChI=1S/C27H45NO4/c1-3-5-6-7-8-9-10-11-12-13-14-15-16-17-26(30)28-25(27(31)32-4-2)22-23-18-20-24(29)21-19-23/h18-21,25,29H,3-17,22H2,1-2H3,(H,28,30)/t25-/m1/s1. The molecule has 0 aliphatic heterocycles. The SMILES string of the molecule is CCCCCCCCCCCCCCCC(=O)N[C@H](Cc1ccc(O)cc1)C(=O)OCC. The number of hydrogen-bond donors (Lipinski definition) is 2. The van der Waals surface area contributed by atoms with E-state index in [-0.39, 0.29) is 18.3 Å². The number of aromatic hydroxyl groups is 1. The number of benzene rings is 1. The second-order valence-corrected chi connectivity index (χ2v) is 8.74. The molecule has 2 N–H and O–H groups in total. The minimum Gasteiger partial charge on any atom is -0.508 e. The molecule has 182 valence electrons. The lowest BCUT2D eigenvalue weighted by Crippen LogP contribution is -2.43. The first-order valence-corrected chi connectivity index (χ1v) is 12.8. The Labute approximate surface area is 195 Å². The van der Waals surface area contributed by atoms with E-state index in [4.69, 9.17) is 4.74 Å². The molecule has 1 rings (SSSR count). The second kappa shape index (κ2) is 18.5. The number of ether oxygens (including phenoxy) is 1. The van der Waals surface area contributed by atoms with Crippen molar-refractivity contribution in [2.24, 2.45) is 0 Å². The predicted molar refractivity (Wildman–Crippen MR) is 131 cm³/mol. The third-order valence-electron chi connectivity index (χ3n) is 5.79. The van der Waals surface area contributed by atoms with Gasteiger partial charge in [-0.3, -0.25) is 4.79 Å². The Hall–Kier alpha value is -2.04. The van der Waals surface area contributed by atoms with Crippen LogP contribution in [-0.2, 0) is 20.7 Å². The number of phenolic OH excluding ortho intramolecular Hbond substituents is 1. The van der Waals surface area contributed by atoms with Crippen molar-refractivity contribution in [3.8, 4) is 5.75 Å². The molecular formula is C27H45NO4. The molecule has 5 heteroatoms. The van der Waals surface area contributed by atoms with Gasteiger partial charge in [-0.05, 0) is 31.0 Å². The van der Waals surface area contributed by atoms with E-state index in [2.05, 4.69) is 12.2 Å². The fraction of sp³-hybridized carbons (Fsp3) is 0.704. The summed E-state index contributed by atoms with van der Waals surface area (Å²) >= 11 is 0. The minimum atomic E-state index is -0.700. The topological polar surface area (TPSA) is 75.6 Å². The number of unbranched alkanes of at least 4 members (excludes halogenated alkanes) is 12. The first kappa shape index (κ1) is 28.0. The zero-order chi connectivity index (χ0) is 23.4. The number of rotatable bonds is 19. The smallest absolute Gasteiger partial charge is 0.328 e. The van der Waals surface area contributed by atoms with E-state index in [0.717, 1.165) is 18.4 Å². The lowest BCUT2D eigenvalue weighted by atomic mass is 10.0. The van der Waals surface area contributed by atoms with Crippen molar-refractivity contribution in [2.75, 3.05) is 6.61 Å². The van der Waals surface area contributed by atoms with Crippen LogP contribution >= 0.6 is 0 Å². The molecule has 0 spiro atoms. The molecule has 0 aliphatic rings. The van der Waals surface area contributed by atoms with Gasteiger partial charge in [-0.15, -0.1) is 0 Å². The average molecular weight is 448 g/mol. The highest BCUT2D eigenvalue weighted by Crippen LogP contribution is 2.14. The van der Waals surface area contributed by atoms with Gasteiger partial charge in [-0.1, -0.05) is 96.1 Å². The van der Waals surface area contributed by atoms with Gasteiger partial charge in [0.1, 0.15) is 11.8 Å². The Morgan fingerprint density at radius 2 is 1.31 bits per heavy atom. The van der Waals surface area contributed by atoms with Crippen LogP contribution < -0.4 is 5.32 Å². The number of carbonyl (C=O) groups is 2. The Morgan fingerprint density at radius 1 is 0.812 bits per heavy atom. The summed E-state index contributed by atoms with van der Waals surface area (Å²) in [5, 5.41) is 12.2. The van der Waals surface area contributed by atoms with E-state index in [1.54, 1.807) is 31.2 Å². The molecule has 32 heavy (non-hydrogen) atoms. The van der Waals surface area contributed by atoms with Crippen LogP contribution in [0.15, 0.2) is 24.3 Å². The van der Waals surface area contributed by atoms with Crippen molar-refractivity contribution in [1.29, 1.82) is 0 Å². The fourth-order valence-electron chi connectivity index (χ4n) is 3.87. The highest BCUT2D eigenvalue weighted by atomic mass is 16.5. The van der Waals surface area contributed by atoms with E-state index < -0.39 is 12.0 Å². The molecule has 0 fully saturated rings. The maximum atomic E-state index is 12.3. The molecule has 1 aromatic rings. The molecule has 0 aromatic heterocycles. The Kier molecular flexibility index (Phi) is 16.2. The molecule has 1 amide bonds. The summed E-state index contributed by atoms with van der Waals surface area (Å²) in [4.78, 5) is 24.6. The largest absolute Gasteiger partial charge is 0.508 e. The second-order valence-electron chi connectivity index (χ2n) is 8.74. The molecule has 5 nitrogen and oxygen atoms in total. The molecule has 0 bridgehead atoms. The van der Waals surface area contributed by atoms with Gasteiger partial charge < -0.3 is 15.2 Å². The van der Waals surface area contributed by atoms with Crippen LogP contribution in [0.1, 0.15) is 109 Å². The Balaban J connectivity index is 2.15. The molecule has 1 atom stereocenters. The number of hydrogen-bond acceptors (Lipinski definition) is 4. The molecule has 0 aliphatic carbocycles. The third kappa shape index (κ3) is 14.1. The van der Waals surface area contributed by atoms with Gasteiger partial charge in [0.25, 0.3) is 0 Å². The van der Waals surface area contributed by atoms with Crippen LogP contribution in [0, 0.1) is 0 Å². The van der Waals surface area contributed by atoms with E-state index in [0.29, 0.717) is 12.8 Å². The highest BCUT2D eigenvalue weighted by molar-refractivity contribution is 5.84. The van der Waals surface area contributed by atoms with Crippen LogP contribution in [0.3, 0.4) is 0 Å². The molecule has 0 saturated carbocycles. The molecule has 0 radical (unpaired) electrons. The summed E-state index contributed by atoms with van der Waals surface area (Å²) in [6.45, 7) is 4.29. The van der Waals surface area contributed by atoms with Crippen molar-refractivity contribution in [3.05, 3.63) is 29.8 Å². The zero-order valence-electron chi connectivity index (χ0n) is 20.4. The maximum Gasteiger partial charge on any atom is 0.328 e. The van der Waals surface area contributed by atoms with Crippen molar-refractivity contribution < 1.29 is 19.4 Å². The highest BCUT2D eigenvalue weighted by Gasteiger charge is 2.22. The van der Waals surface area contributed by atoms with Gasteiger partial charge in [-0.2, -0.15) is 0 Å². The van der Waals surface area contributed by atoms with Gasteiger partial charge >= 0.3 is 5.97 Å². The minimum absolute atomic E-state index is 0.107. The summed E-state index contributed by atoms with van der Waals surface area (Å²) in [7, 11) is 0. The van der Waals surface area contributed by atoms with Crippen LogP contribution in [0.5, 0.6) is 5.75 Å². The lowest BCUT2D eigenvalue weighted by Gasteiger charge is -2.17. The summed E-state index contributed by atoms with van der Waals surface area (Å²) in [5.41, 5.74) is 0.863. The molecule has 0 unspecified atom stereocenters. The van der Waals surface area contributed by atoms with E-state index in [9.17, 15) is 14.7 Å². The number of amides is 1. The number of phenols is 1. The van der Waals surface area contributed by atoms with Gasteiger partial charge in [0.2, 0.25) is 5.91 Å². The fourth-order valence-corrected chi connectivity index (χ4v) is 3.87. The first-order chi connectivity index (χ1) is 15.6. The van der Waals surface area contributed by atoms with Gasteiger partial charge in [0.05, 0.1) is 6.61 Å². The van der Waals surface area contributed by atoms with Crippen molar-refractivity contribution in [1.82, 2.24) is 5.32 Å². The van der Waals surface area contributed by atoms with Crippen molar-refractivity contribution in [3.63, 3.8) is 0 Å². The van der Waals surface area contributed by atoms with Crippen molar-refractivity contribution in [2.45, 2.75) is 116 Å². The number of carbonyl (C=O) groups excluding carboxylic acids is 2. The Bertz CT molecular complexity index is 615. The molecule has 0 heterocycles. The molecule has 1 aromatic carbocycles. The molecular weight excluding hydrogens is 402 g/mol. The predicted octanol–water partition coefficient (Wildman–Crippen LogP) is 6.46. The summed E-state index contributed by atoms with van der Waals surface area (Å²) in [6, 6.07) is 5.95. The summed E-state index contributed by atoms with van der Waals surface area (Å²) in [5.74, 6) is -0.350. The van der Waals surface area contributed by atoms with Crippen LogP contribution in [0.25, 0.3) is 0 Å². The zero-order valence-corrected chi connectivity index (χ0v) is 20.4. The quantitative estimate of drug-likeness (QED) is 0.188. The normalized spacial score (nSPS) is 11.8. The third-order valence-corrected chi connectivity index (χ3v) is 5.79. The van der Waals surface area contributed by atoms with Crippen LogP contribution in [0.4, 0.5) is 0 Å². The summed E-state index contributed by atoms with van der Waals surface area (Å²) in [6.07, 6.45) is 17.3. The maximum absolute atomic E-state index is 12.3. The van der Waals surface area contributed by atoms with E-state index >= 15 is 0 Å². The van der Waals surface area contributed by atoms with Crippen LogP contribution in [-0.4, -0.2) is 29.6 Å². The first-order valence-electron chi connectivity index (χ1n) is 12.8. The van der Waals surface area contributed by atoms with Crippen molar-refractivity contribution >= 4 is 11.9 Å². The molecule has 0 saturated heterocycles.